The van der Waals surface area contributed by atoms with Gasteiger partial charge < -0.3 is 5.32 Å². The van der Waals surface area contributed by atoms with Gasteiger partial charge in [0.1, 0.15) is 0 Å². The van der Waals surface area contributed by atoms with E-state index in [1.54, 1.807) is 6.20 Å². The molecular weight excluding hydrogens is 306 g/mol. The lowest BCUT2D eigenvalue weighted by molar-refractivity contribution is 0.811. The lowest BCUT2D eigenvalue weighted by Crippen LogP contribution is -1.96. The average molecular weight is 317 g/mol. The van der Waals surface area contributed by atoms with Gasteiger partial charge in [-0.2, -0.15) is 10.1 Å². The van der Waals surface area contributed by atoms with Crippen molar-refractivity contribution in [3.8, 4) is 0 Å². The van der Waals surface area contributed by atoms with Gasteiger partial charge in [-0.1, -0.05) is 13.8 Å². The van der Waals surface area contributed by atoms with E-state index in [-0.39, 0.29) is 5.28 Å². The predicted molar refractivity (Wildman–Crippen MR) is 70.7 cm³/mol. The third-order valence-corrected chi connectivity index (χ3v) is 2.94. The zero-order chi connectivity index (χ0) is 12.4. The lowest BCUT2D eigenvalue weighted by atomic mass is 10.1. The number of hydrogen-bond donors (Lipinski definition) is 2. The number of aromatic amines is 1. The van der Waals surface area contributed by atoms with Gasteiger partial charge in [-0.15, -0.1) is 0 Å². The number of anilines is 2. The van der Waals surface area contributed by atoms with Gasteiger partial charge in [-0.05, 0) is 33.4 Å². The maximum atomic E-state index is 5.73. The maximum Gasteiger partial charge on any atom is 0.224 e. The molecule has 0 amide bonds. The van der Waals surface area contributed by atoms with Gasteiger partial charge in [0, 0.05) is 18.0 Å². The van der Waals surface area contributed by atoms with E-state index in [2.05, 4.69) is 55.3 Å². The summed E-state index contributed by atoms with van der Waals surface area (Å²) in [6.07, 6.45) is 1.59. The van der Waals surface area contributed by atoms with Crippen LogP contribution < -0.4 is 5.32 Å². The van der Waals surface area contributed by atoms with E-state index in [1.807, 2.05) is 6.07 Å². The van der Waals surface area contributed by atoms with Gasteiger partial charge in [0.25, 0.3) is 0 Å². The van der Waals surface area contributed by atoms with Gasteiger partial charge in [0.15, 0.2) is 11.6 Å². The van der Waals surface area contributed by atoms with Gasteiger partial charge >= 0.3 is 0 Å². The van der Waals surface area contributed by atoms with Crippen LogP contribution in [0.4, 0.5) is 11.6 Å². The summed E-state index contributed by atoms with van der Waals surface area (Å²) in [7, 11) is 0. The highest BCUT2D eigenvalue weighted by molar-refractivity contribution is 9.10. The van der Waals surface area contributed by atoms with E-state index < -0.39 is 0 Å². The highest BCUT2D eigenvalue weighted by atomic mass is 79.9. The smallest absolute Gasteiger partial charge is 0.224 e. The molecule has 0 bridgehead atoms. The van der Waals surface area contributed by atoms with Crippen LogP contribution in [0, 0.1) is 0 Å². The summed E-state index contributed by atoms with van der Waals surface area (Å²) in [6.45, 7) is 4.18. The zero-order valence-corrected chi connectivity index (χ0v) is 11.7. The molecule has 5 nitrogen and oxygen atoms in total. The van der Waals surface area contributed by atoms with Crippen LogP contribution in [0.5, 0.6) is 0 Å². The first-order chi connectivity index (χ1) is 8.06. The molecule has 2 heterocycles. The van der Waals surface area contributed by atoms with E-state index in [9.17, 15) is 0 Å². The van der Waals surface area contributed by atoms with Crippen LogP contribution in [0.2, 0.25) is 5.28 Å². The fraction of sp³-hybridized carbons (Fsp3) is 0.300. The van der Waals surface area contributed by atoms with Crippen molar-refractivity contribution in [3.05, 3.63) is 27.7 Å². The second-order valence-corrected chi connectivity index (χ2v) is 5.02. The third kappa shape index (κ3) is 2.95. The molecular formula is C10H11BrClN5. The number of halogens is 2. The van der Waals surface area contributed by atoms with E-state index in [0.29, 0.717) is 17.6 Å². The Kier molecular flexibility index (Phi) is 3.63. The summed E-state index contributed by atoms with van der Waals surface area (Å²) in [6, 6.07) is 1.94. The van der Waals surface area contributed by atoms with Crippen molar-refractivity contribution >= 4 is 39.2 Å². The van der Waals surface area contributed by atoms with Gasteiger partial charge in [-0.25, -0.2) is 4.98 Å². The number of H-pyrrole nitrogens is 1. The Morgan fingerprint density at radius 2 is 2.24 bits per heavy atom. The third-order valence-electron chi connectivity index (χ3n) is 2.18. The maximum absolute atomic E-state index is 5.73. The topological polar surface area (TPSA) is 66.5 Å². The predicted octanol–water partition coefficient (Wildman–Crippen LogP) is 3.48. The van der Waals surface area contributed by atoms with E-state index >= 15 is 0 Å². The first-order valence-corrected chi connectivity index (χ1v) is 6.23. The fourth-order valence-corrected chi connectivity index (χ4v) is 1.67. The molecule has 0 atom stereocenters. The van der Waals surface area contributed by atoms with E-state index in [1.165, 1.54) is 0 Å². The molecule has 7 heteroatoms. The minimum absolute atomic E-state index is 0.190. The van der Waals surface area contributed by atoms with Crippen LogP contribution in [-0.2, 0) is 0 Å². The van der Waals surface area contributed by atoms with Crippen LogP contribution in [0.1, 0.15) is 25.5 Å². The molecule has 0 unspecified atom stereocenters. The summed E-state index contributed by atoms with van der Waals surface area (Å²) in [5.41, 5.74) is 1.06. The molecule has 0 spiro atoms. The number of aromatic nitrogens is 4. The summed E-state index contributed by atoms with van der Waals surface area (Å²) in [4.78, 5) is 7.92. The molecule has 2 aromatic rings. The number of hydrogen-bond acceptors (Lipinski definition) is 4. The molecule has 0 radical (unpaired) electrons. The number of nitrogens with one attached hydrogen (secondary N) is 2. The van der Waals surface area contributed by atoms with Gasteiger partial charge in [0.05, 0.1) is 4.47 Å². The van der Waals surface area contributed by atoms with Crippen molar-refractivity contribution in [2.75, 3.05) is 5.32 Å². The first kappa shape index (κ1) is 12.3. The van der Waals surface area contributed by atoms with Crippen molar-refractivity contribution in [2.45, 2.75) is 19.8 Å². The molecule has 0 aromatic carbocycles. The minimum atomic E-state index is 0.190. The first-order valence-electron chi connectivity index (χ1n) is 5.06. The Balaban J connectivity index is 2.22. The Bertz CT molecular complexity index is 525. The lowest BCUT2D eigenvalue weighted by Gasteiger charge is -2.03. The summed E-state index contributed by atoms with van der Waals surface area (Å²) >= 11 is 9.07. The van der Waals surface area contributed by atoms with Crippen LogP contribution in [0.15, 0.2) is 16.7 Å². The standard InChI is InChI=1S/C10H11BrClN5/c1-5(2)7-3-8(17-16-7)14-9-6(11)4-13-10(12)15-9/h3-5H,1-2H3,(H2,13,14,15,16,17). The largest absolute Gasteiger partial charge is 0.322 e. The molecule has 0 aliphatic heterocycles. The average Bonchev–Trinajstić information content (AvgIpc) is 2.72. The molecule has 0 aliphatic carbocycles. The molecule has 2 N–H and O–H groups in total. The van der Waals surface area contributed by atoms with Crippen LogP contribution in [0.3, 0.4) is 0 Å². The quantitative estimate of drug-likeness (QED) is 0.851. The Morgan fingerprint density at radius 3 is 2.88 bits per heavy atom. The Morgan fingerprint density at radius 1 is 1.47 bits per heavy atom. The van der Waals surface area contributed by atoms with Crippen molar-refractivity contribution in [3.63, 3.8) is 0 Å². The number of nitrogens with zero attached hydrogens (tertiary/aromatic N) is 3. The molecule has 2 rings (SSSR count). The highest BCUT2D eigenvalue weighted by Gasteiger charge is 2.08. The van der Waals surface area contributed by atoms with Gasteiger partial charge in [-0.3, -0.25) is 5.10 Å². The summed E-state index contributed by atoms with van der Waals surface area (Å²) in [5, 5.41) is 10.4. The van der Waals surface area contributed by atoms with Crippen molar-refractivity contribution in [1.82, 2.24) is 20.2 Å². The van der Waals surface area contributed by atoms with Crippen LogP contribution in [-0.4, -0.2) is 20.2 Å². The SMILES string of the molecule is CC(C)c1cc(Nc2nc(Cl)ncc2Br)n[nH]1. The summed E-state index contributed by atoms with van der Waals surface area (Å²) in [5.74, 6) is 1.69. The molecule has 0 fully saturated rings. The zero-order valence-electron chi connectivity index (χ0n) is 9.33. The van der Waals surface area contributed by atoms with Gasteiger partial charge in [0.2, 0.25) is 5.28 Å². The van der Waals surface area contributed by atoms with E-state index in [4.69, 9.17) is 11.6 Å². The Labute approximate surface area is 112 Å². The van der Waals surface area contributed by atoms with Crippen molar-refractivity contribution in [2.24, 2.45) is 0 Å². The van der Waals surface area contributed by atoms with Crippen LogP contribution >= 0.6 is 27.5 Å². The van der Waals surface area contributed by atoms with E-state index in [0.717, 1.165) is 10.2 Å². The second-order valence-electron chi connectivity index (χ2n) is 3.82. The molecule has 0 saturated heterocycles. The second kappa shape index (κ2) is 5.01. The van der Waals surface area contributed by atoms with Crippen LogP contribution in [0.25, 0.3) is 0 Å². The summed E-state index contributed by atoms with van der Waals surface area (Å²) < 4.78 is 0.732. The molecule has 0 aliphatic rings. The molecule has 90 valence electrons. The molecule has 2 aromatic heterocycles. The number of rotatable bonds is 3. The normalized spacial score (nSPS) is 10.9. The monoisotopic (exact) mass is 315 g/mol. The molecule has 0 saturated carbocycles. The highest BCUT2D eigenvalue weighted by Crippen LogP contribution is 2.24. The molecule has 17 heavy (non-hydrogen) atoms. The Hall–Kier alpha value is -1.14. The van der Waals surface area contributed by atoms with Crippen molar-refractivity contribution < 1.29 is 0 Å². The van der Waals surface area contributed by atoms with Crippen molar-refractivity contribution in [1.29, 1.82) is 0 Å². The fourth-order valence-electron chi connectivity index (χ4n) is 1.25. The minimum Gasteiger partial charge on any atom is -0.322 e.